The van der Waals surface area contributed by atoms with Crippen molar-refractivity contribution in [2.75, 3.05) is 25.1 Å². The molecule has 4 N–H and O–H groups in total. The van der Waals surface area contributed by atoms with E-state index in [0.29, 0.717) is 10.8 Å². The monoisotopic (exact) mass is 297 g/mol. The van der Waals surface area contributed by atoms with Crippen LogP contribution in [0.4, 0.5) is 5.82 Å². The van der Waals surface area contributed by atoms with Gasteiger partial charge < -0.3 is 15.6 Å². The van der Waals surface area contributed by atoms with Crippen LogP contribution in [0.2, 0.25) is 5.02 Å². The normalized spacial score (nSPS) is 16.9. The number of carbonyl (C=O) groups is 1. The number of carbonyl (C=O) groups excluding carboxylic acids is 1. The third-order valence-corrected chi connectivity index (χ3v) is 3.62. The molecule has 2 rings (SSSR count). The van der Waals surface area contributed by atoms with Gasteiger partial charge in [-0.2, -0.15) is 0 Å². The predicted octanol–water partition coefficient (Wildman–Crippen LogP) is 1.23. The van der Waals surface area contributed by atoms with E-state index in [9.17, 15) is 4.79 Å². The summed E-state index contributed by atoms with van der Waals surface area (Å²) in [5, 5.41) is 3.23. The molecule has 20 heavy (non-hydrogen) atoms. The van der Waals surface area contributed by atoms with Crippen LogP contribution in [-0.2, 0) is 0 Å². The second kappa shape index (κ2) is 6.88. The summed E-state index contributed by atoms with van der Waals surface area (Å²) in [6.45, 7) is 5.03. The van der Waals surface area contributed by atoms with Gasteiger partial charge in [-0.1, -0.05) is 11.6 Å². The Bertz CT molecular complexity index is 476. The van der Waals surface area contributed by atoms with Crippen LogP contribution in [0, 0.1) is 0 Å². The number of nitrogens with two attached hydrogens (primary N) is 1. The molecule has 0 aromatic carbocycles. The van der Waals surface area contributed by atoms with Crippen molar-refractivity contribution in [2.24, 2.45) is 5.84 Å². The lowest BCUT2D eigenvalue weighted by molar-refractivity contribution is 0.0927. The van der Waals surface area contributed by atoms with Crippen molar-refractivity contribution in [1.29, 1.82) is 0 Å². The van der Waals surface area contributed by atoms with Gasteiger partial charge in [0.05, 0.1) is 5.02 Å². The fourth-order valence-corrected chi connectivity index (χ4v) is 2.56. The minimum Gasteiger partial charge on any atom is -0.347 e. The number of pyridine rings is 1. The van der Waals surface area contributed by atoms with Crippen LogP contribution >= 0.6 is 11.6 Å². The second-order valence-corrected chi connectivity index (χ2v) is 5.46. The second-order valence-electron chi connectivity index (χ2n) is 5.05. The number of hydrogen-bond acceptors (Lipinski definition) is 5. The van der Waals surface area contributed by atoms with Gasteiger partial charge in [0.15, 0.2) is 0 Å². The summed E-state index contributed by atoms with van der Waals surface area (Å²) in [7, 11) is 0. The fraction of sp³-hybridized carbons (Fsp3) is 0.538. The molecule has 1 amide bonds. The summed E-state index contributed by atoms with van der Waals surface area (Å²) in [6, 6.07) is 3.27. The van der Waals surface area contributed by atoms with Crippen LogP contribution in [0.15, 0.2) is 12.1 Å². The molecular formula is C13H20ClN5O. The predicted molar refractivity (Wildman–Crippen MR) is 79.7 cm³/mol. The molecule has 1 saturated heterocycles. The average Bonchev–Trinajstić information content (AvgIpc) is 2.91. The summed E-state index contributed by atoms with van der Waals surface area (Å²) < 4.78 is 0. The van der Waals surface area contributed by atoms with Crippen LogP contribution in [0.25, 0.3) is 0 Å². The average molecular weight is 298 g/mol. The van der Waals surface area contributed by atoms with Crippen molar-refractivity contribution in [3.63, 3.8) is 0 Å². The molecule has 0 saturated carbocycles. The standard InChI is InChI=1S/C13H20ClN5O/c1-9(8-19-6-2-3-7-19)16-13(20)12-10(14)4-5-11(17-12)18-15/h4-5,9H,2-3,6-8,15H2,1H3,(H,16,20)(H,17,18). The molecule has 7 heteroatoms. The van der Waals surface area contributed by atoms with Crippen molar-refractivity contribution in [1.82, 2.24) is 15.2 Å². The van der Waals surface area contributed by atoms with E-state index < -0.39 is 0 Å². The third kappa shape index (κ3) is 3.82. The van der Waals surface area contributed by atoms with Crippen molar-refractivity contribution in [3.8, 4) is 0 Å². The number of nitrogen functional groups attached to an aromatic ring is 1. The first kappa shape index (κ1) is 15.0. The maximum absolute atomic E-state index is 12.2. The lowest BCUT2D eigenvalue weighted by Gasteiger charge is -2.21. The van der Waals surface area contributed by atoms with Crippen molar-refractivity contribution in [2.45, 2.75) is 25.8 Å². The number of nitrogens with one attached hydrogen (secondary N) is 2. The molecule has 1 unspecified atom stereocenters. The number of anilines is 1. The zero-order chi connectivity index (χ0) is 14.5. The van der Waals surface area contributed by atoms with E-state index in [1.807, 2.05) is 6.92 Å². The van der Waals surface area contributed by atoms with Crippen LogP contribution in [0.3, 0.4) is 0 Å². The Morgan fingerprint density at radius 2 is 2.20 bits per heavy atom. The molecule has 6 nitrogen and oxygen atoms in total. The molecule has 0 aliphatic carbocycles. The highest BCUT2D eigenvalue weighted by molar-refractivity contribution is 6.33. The van der Waals surface area contributed by atoms with Gasteiger partial charge in [-0.3, -0.25) is 4.79 Å². The zero-order valence-corrected chi connectivity index (χ0v) is 12.3. The molecule has 1 aromatic rings. The quantitative estimate of drug-likeness (QED) is 0.562. The topological polar surface area (TPSA) is 83.3 Å². The Labute approximate surface area is 123 Å². The highest BCUT2D eigenvalue weighted by atomic mass is 35.5. The lowest BCUT2D eigenvalue weighted by Crippen LogP contribution is -2.41. The van der Waals surface area contributed by atoms with Crippen LogP contribution in [0.5, 0.6) is 0 Å². The Kier molecular flexibility index (Phi) is 5.17. The van der Waals surface area contributed by atoms with E-state index in [1.165, 1.54) is 12.8 Å². The third-order valence-electron chi connectivity index (χ3n) is 3.32. The SMILES string of the molecule is CC(CN1CCCC1)NC(=O)c1nc(NN)ccc1Cl. The van der Waals surface area contributed by atoms with Crippen molar-refractivity contribution in [3.05, 3.63) is 22.8 Å². The van der Waals surface area contributed by atoms with Crippen molar-refractivity contribution >= 4 is 23.3 Å². The molecule has 110 valence electrons. The molecule has 1 aliphatic rings. The number of hydrogen-bond donors (Lipinski definition) is 3. The molecule has 0 bridgehead atoms. The first-order chi connectivity index (χ1) is 9.60. The molecule has 1 aromatic heterocycles. The molecule has 0 radical (unpaired) electrons. The number of likely N-dealkylation sites (tertiary alicyclic amines) is 1. The van der Waals surface area contributed by atoms with Crippen LogP contribution in [0.1, 0.15) is 30.3 Å². The van der Waals surface area contributed by atoms with E-state index in [4.69, 9.17) is 17.4 Å². The summed E-state index contributed by atoms with van der Waals surface area (Å²) in [5.41, 5.74) is 2.59. The fourth-order valence-electron chi connectivity index (χ4n) is 2.37. The largest absolute Gasteiger partial charge is 0.347 e. The van der Waals surface area contributed by atoms with E-state index in [2.05, 4.69) is 20.6 Å². The molecule has 1 aliphatic heterocycles. The highest BCUT2D eigenvalue weighted by Crippen LogP contribution is 2.16. The summed E-state index contributed by atoms with van der Waals surface area (Å²) in [6.07, 6.45) is 2.47. The first-order valence-electron chi connectivity index (χ1n) is 6.76. The van der Waals surface area contributed by atoms with Gasteiger partial charge in [0.1, 0.15) is 11.5 Å². The van der Waals surface area contributed by atoms with Gasteiger partial charge in [0.2, 0.25) is 0 Å². The number of halogens is 1. The van der Waals surface area contributed by atoms with Crippen LogP contribution < -0.4 is 16.6 Å². The van der Waals surface area contributed by atoms with Gasteiger partial charge in [-0.15, -0.1) is 0 Å². The van der Waals surface area contributed by atoms with Gasteiger partial charge in [-0.05, 0) is 45.0 Å². The Morgan fingerprint density at radius 3 is 2.85 bits per heavy atom. The van der Waals surface area contributed by atoms with E-state index in [-0.39, 0.29) is 17.6 Å². The van der Waals surface area contributed by atoms with Gasteiger partial charge >= 0.3 is 0 Å². The van der Waals surface area contributed by atoms with E-state index >= 15 is 0 Å². The number of nitrogens with zero attached hydrogens (tertiary/aromatic N) is 2. The molecule has 1 fully saturated rings. The minimum atomic E-state index is -0.279. The van der Waals surface area contributed by atoms with Gasteiger partial charge in [-0.25, -0.2) is 10.8 Å². The van der Waals surface area contributed by atoms with Gasteiger partial charge in [0, 0.05) is 12.6 Å². The maximum atomic E-state index is 12.2. The Morgan fingerprint density at radius 1 is 1.50 bits per heavy atom. The van der Waals surface area contributed by atoms with E-state index in [1.54, 1.807) is 12.1 Å². The number of hydrazine groups is 1. The van der Waals surface area contributed by atoms with Gasteiger partial charge in [0.25, 0.3) is 5.91 Å². The Balaban J connectivity index is 1.96. The molecule has 1 atom stereocenters. The summed E-state index contributed by atoms with van der Waals surface area (Å²) >= 11 is 6.00. The van der Waals surface area contributed by atoms with Crippen LogP contribution in [-0.4, -0.2) is 41.5 Å². The summed E-state index contributed by atoms with van der Waals surface area (Å²) in [4.78, 5) is 18.6. The number of aromatic nitrogens is 1. The van der Waals surface area contributed by atoms with E-state index in [0.717, 1.165) is 19.6 Å². The summed E-state index contributed by atoms with van der Waals surface area (Å²) in [5.74, 6) is 5.42. The highest BCUT2D eigenvalue weighted by Gasteiger charge is 2.19. The first-order valence-corrected chi connectivity index (χ1v) is 7.14. The molecule has 0 spiro atoms. The molecular weight excluding hydrogens is 278 g/mol. The minimum absolute atomic E-state index is 0.0490. The zero-order valence-electron chi connectivity index (χ0n) is 11.5. The molecule has 2 heterocycles. The Hall–Kier alpha value is -1.37. The van der Waals surface area contributed by atoms with Crippen molar-refractivity contribution < 1.29 is 4.79 Å². The lowest BCUT2D eigenvalue weighted by atomic mass is 10.2. The maximum Gasteiger partial charge on any atom is 0.271 e. The number of rotatable bonds is 5. The smallest absolute Gasteiger partial charge is 0.271 e. The number of amides is 1.